The molecule has 77 valence electrons. The molecule has 1 saturated heterocycles. The van der Waals surface area contributed by atoms with Crippen LogP contribution in [0.1, 0.15) is 40.5 Å². The maximum atomic E-state index is 11.9. The lowest BCUT2D eigenvalue weighted by molar-refractivity contribution is -0.290. The fourth-order valence-electron chi connectivity index (χ4n) is 2.47. The van der Waals surface area contributed by atoms with Crippen LogP contribution in [0.3, 0.4) is 0 Å². The second kappa shape index (κ2) is 3.23. The largest absolute Gasteiger partial charge is 0.317 e. The highest BCUT2D eigenvalue weighted by Crippen LogP contribution is 2.36. The summed E-state index contributed by atoms with van der Waals surface area (Å²) in [6.07, 6.45) is 1.85. The van der Waals surface area contributed by atoms with Crippen molar-refractivity contribution in [1.82, 2.24) is 10.4 Å². The molecule has 3 nitrogen and oxygen atoms in total. The number of nitrogens with one attached hydrogen (secondary N) is 1. The third kappa shape index (κ3) is 2.03. The van der Waals surface area contributed by atoms with E-state index in [0.717, 1.165) is 12.8 Å². The molecule has 13 heavy (non-hydrogen) atoms. The highest BCUT2D eigenvalue weighted by atomic mass is 16.5. The number of hydroxylamine groups is 2. The normalized spacial score (nSPS) is 29.1. The summed E-state index contributed by atoms with van der Waals surface area (Å²) in [6, 6.07) is 0.468. The van der Waals surface area contributed by atoms with Gasteiger partial charge in [-0.1, -0.05) is 0 Å². The van der Waals surface area contributed by atoms with Crippen LogP contribution in [0.4, 0.5) is 0 Å². The van der Waals surface area contributed by atoms with Gasteiger partial charge in [-0.3, -0.25) is 0 Å². The summed E-state index contributed by atoms with van der Waals surface area (Å²) in [7, 11) is 1.97. The van der Waals surface area contributed by atoms with E-state index >= 15 is 0 Å². The van der Waals surface area contributed by atoms with Gasteiger partial charge in [0.2, 0.25) is 0 Å². The van der Waals surface area contributed by atoms with Gasteiger partial charge in [0.25, 0.3) is 0 Å². The Morgan fingerprint density at radius 3 is 1.85 bits per heavy atom. The van der Waals surface area contributed by atoms with E-state index in [2.05, 4.69) is 5.32 Å². The predicted octanol–water partition coefficient (Wildman–Crippen LogP) is 1.57. The molecule has 0 spiro atoms. The second-order valence-corrected chi connectivity index (χ2v) is 5.31. The SMILES string of the molecule is CNC1CC(C)(C)N([O])C(C)(C)C1. The summed E-state index contributed by atoms with van der Waals surface area (Å²) < 4.78 is 0. The van der Waals surface area contributed by atoms with E-state index in [-0.39, 0.29) is 11.1 Å². The van der Waals surface area contributed by atoms with Crippen molar-refractivity contribution < 1.29 is 5.21 Å². The molecule has 0 amide bonds. The number of nitrogens with zero attached hydrogens (tertiary/aromatic N) is 1. The third-order valence-corrected chi connectivity index (χ3v) is 3.00. The molecule has 1 heterocycles. The van der Waals surface area contributed by atoms with Crippen molar-refractivity contribution in [3.05, 3.63) is 0 Å². The molecule has 0 saturated carbocycles. The Balaban J connectivity index is 2.82. The van der Waals surface area contributed by atoms with Crippen molar-refractivity contribution in [1.29, 1.82) is 0 Å². The molecule has 1 aliphatic heterocycles. The van der Waals surface area contributed by atoms with E-state index in [1.54, 1.807) is 0 Å². The average molecular weight is 185 g/mol. The van der Waals surface area contributed by atoms with Gasteiger partial charge in [0.1, 0.15) is 0 Å². The molecular weight excluding hydrogens is 164 g/mol. The summed E-state index contributed by atoms with van der Waals surface area (Å²) >= 11 is 0. The first-order valence-electron chi connectivity index (χ1n) is 4.94. The Morgan fingerprint density at radius 2 is 1.54 bits per heavy atom. The molecule has 1 rings (SSSR count). The topological polar surface area (TPSA) is 35.2 Å². The van der Waals surface area contributed by atoms with Crippen LogP contribution in [-0.4, -0.2) is 29.2 Å². The fourth-order valence-corrected chi connectivity index (χ4v) is 2.47. The quantitative estimate of drug-likeness (QED) is 0.673. The molecule has 0 bridgehead atoms. The van der Waals surface area contributed by atoms with E-state index in [1.165, 1.54) is 5.06 Å². The van der Waals surface area contributed by atoms with Crippen molar-refractivity contribution in [3.8, 4) is 0 Å². The van der Waals surface area contributed by atoms with E-state index < -0.39 is 0 Å². The van der Waals surface area contributed by atoms with Gasteiger partial charge in [0, 0.05) is 17.1 Å². The van der Waals surface area contributed by atoms with E-state index in [0.29, 0.717) is 6.04 Å². The lowest BCUT2D eigenvalue weighted by Crippen LogP contribution is -2.61. The van der Waals surface area contributed by atoms with Gasteiger partial charge in [0.05, 0.1) is 0 Å². The Bertz CT molecular complexity index is 171. The molecule has 3 heteroatoms. The van der Waals surface area contributed by atoms with Crippen molar-refractivity contribution in [2.24, 2.45) is 0 Å². The number of piperidine rings is 1. The van der Waals surface area contributed by atoms with Gasteiger partial charge in [-0.15, -0.1) is 10.3 Å². The molecule has 0 aromatic heterocycles. The lowest BCUT2D eigenvalue weighted by Gasteiger charge is -2.49. The monoisotopic (exact) mass is 185 g/mol. The Kier molecular flexibility index (Phi) is 2.72. The molecule has 1 fully saturated rings. The first-order chi connectivity index (χ1) is 5.79. The van der Waals surface area contributed by atoms with Crippen molar-refractivity contribution in [2.75, 3.05) is 7.05 Å². The van der Waals surface area contributed by atoms with E-state index in [1.807, 2.05) is 34.7 Å². The molecule has 1 N–H and O–H groups in total. The molecule has 1 radical (unpaired) electrons. The average Bonchev–Trinajstić information content (AvgIpc) is 1.99. The summed E-state index contributed by atoms with van der Waals surface area (Å²) in [4.78, 5) is 0. The van der Waals surface area contributed by atoms with Crippen LogP contribution in [0.2, 0.25) is 0 Å². The summed E-state index contributed by atoms with van der Waals surface area (Å²) in [5.41, 5.74) is -0.481. The molecule has 0 aromatic rings. The first kappa shape index (κ1) is 11.0. The number of rotatable bonds is 1. The van der Waals surface area contributed by atoms with Crippen LogP contribution in [0.15, 0.2) is 0 Å². The highest BCUT2D eigenvalue weighted by molar-refractivity contribution is 4.98. The zero-order valence-electron chi connectivity index (χ0n) is 9.35. The maximum Gasteiger partial charge on any atom is 0.0458 e. The zero-order chi connectivity index (χ0) is 10.3. The van der Waals surface area contributed by atoms with Crippen molar-refractivity contribution >= 4 is 0 Å². The minimum absolute atomic E-state index is 0.241. The summed E-state index contributed by atoms with van der Waals surface area (Å²) in [6.45, 7) is 8.08. The molecule has 1 aliphatic rings. The number of hydrogen-bond acceptors (Lipinski definition) is 2. The zero-order valence-corrected chi connectivity index (χ0v) is 9.35. The van der Waals surface area contributed by atoms with E-state index in [4.69, 9.17) is 0 Å². The van der Waals surface area contributed by atoms with Gasteiger partial charge >= 0.3 is 0 Å². The molecule has 0 aromatic carbocycles. The van der Waals surface area contributed by atoms with Gasteiger partial charge < -0.3 is 5.32 Å². The minimum atomic E-state index is -0.241. The Labute approximate surface area is 81.1 Å². The molecule has 0 unspecified atom stereocenters. The van der Waals surface area contributed by atoms with Crippen molar-refractivity contribution in [3.63, 3.8) is 0 Å². The molecular formula is C10H21N2O. The fraction of sp³-hybridized carbons (Fsp3) is 1.00. The number of hydrogen-bond donors (Lipinski definition) is 1. The first-order valence-corrected chi connectivity index (χ1v) is 4.94. The predicted molar refractivity (Wildman–Crippen MR) is 52.8 cm³/mol. The van der Waals surface area contributed by atoms with E-state index in [9.17, 15) is 5.21 Å². The van der Waals surface area contributed by atoms with Crippen LogP contribution in [0, 0.1) is 0 Å². The summed E-state index contributed by atoms with van der Waals surface area (Å²) in [5, 5.41) is 16.4. The van der Waals surface area contributed by atoms with Gasteiger partial charge in [-0.2, -0.15) is 0 Å². The van der Waals surface area contributed by atoms with Gasteiger partial charge in [-0.05, 0) is 47.6 Å². The molecule has 0 atom stereocenters. The standard InChI is InChI=1S/C10H21N2O/c1-9(2)6-8(11-5)7-10(3,4)12(9)13/h8,11H,6-7H2,1-5H3. The van der Waals surface area contributed by atoms with Crippen LogP contribution >= 0.6 is 0 Å². The van der Waals surface area contributed by atoms with Gasteiger partial charge in [0.15, 0.2) is 0 Å². The van der Waals surface area contributed by atoms with Crippen LogP contribution < -0.4 is 5.32 Å². The Morgan fingerprint density at radius 1 is 1.15 bits per heavy atom. The maximum absolute atomic E-state index is 11.9. The van der Waals surface area contributed by atoms with Gasteiger partial charge in [-0.25, -0.2) is 0 Å². The summed E-state index contributed by atoms with van der Waals surface area (Å²) in [5.74, 6) is 0. The minimum Gasteiger partial charge on any atom is -0.317 e. The second-order valence-electron chi connectivity index (χ2n) is 5.31. The molecule has 0 aliphatic carbocycles. The van der Waals surface area contributed by atoms with Crippen LogP contribution in [0.5, 0.6) is 0 Å². The van der Waals surface area contributed by atoms with Crippen LogP contribution in [-0.2, 0) is 5.21 Å². The van der Waals surface area contributed by atoms with Crippen LogP contribution in [0.25, 0.3) is 0 Å². The highest BCUT2D eigenvalue weighted by Gasteiger charge is 2.45. The van der Waals surface area contributed by atoms with Crippen molar-refractivity contribution in [2.45, 2.75) is 57.7 Å². The smallest absolute Gasteiger partial charge is 0.0458 e. The lowest BCUT2D eigenvalue weighted by atomic mass is 9.79. The Hall–Kier alpha value is -0.120. The third-order valence-electron chi connectivity index (χ3n) is 3.00.